The molecule has 1 heterocycles. The molecular weight excluding hydrogens is 496 g/mol. The number of benzene rings is 2. The van der Waals surface area contributed by atoms with Crippen LogP contribution in [0, 0.1) is 0 Å². The normalized spacial score (nSPS) is 12.6. The number of aliphatic hydroxyl groups excluding tert-OH is 1. The molecule has 1 aliphatic rings. The molecule has 1 N–H and O–H groups in total. The number of ketones is 1. The lowest BCUT2D eigenvalue weighted by atomic mass is 10.2. The van der Waals surface area contributed by atoms with Crippen molar-refractivity contribution in [2.45, 2.75) is 27.2 Å². The maximum absolute atomic E-state index is 10.6. The molecule has 0 aliphatic carbocycles. The van der Waals surface area contributed by atoms with Crippen molar-refractivity contribution in [3.63, 3.8) is 0 Å². The average molecular weight is 526 g/mol. The Kier molecular flexibility index (Phi) is 16.4. The van der Waals surface area contributed by atoms with Crippen molar-refractivity contribution in [3.8, 4) is 0 Å². The maximum atomic E-state index is 10.6. The van der Waals surface area contributed by atoms with Gasteiger partial charge >= 0.3 is 0 Å². The minimum Gasteiger partial charge on any atom is -0.392 e. The predicted molar refractivity (Wildman–Crippen MR) is 131 cm³/mol. The third-order valence-electron chi connectivity index (χ3n) is 3.54. The monoisotopic (exact) mass is 524 g/mol. The van der Waals surface area contributed by atoms with E-state index in [1.807, 2.05) is 54.6 Å². The van der Waals surface area contributed by atoms with E-state index in [0.717, 1.165) is 33.3 Å². The Morgan fingerprint density at radius 1 is 0.966 bits per heavy atom. The second-order valence-corrected chi connectivity index (χ2v) is 7.60. The number of hydrogen-bond donors (Lipinski definition) is 1. The van der Waals surface area contributed by atoms with Crippen molar-refractivity contribution in [2.75, 3.05) is 19.8 Å². The highest BCUT2D eigenvalue weighted by molar-refractivity contribution is 9.10. The predicted octanol–water partition coefficient (Wildman–Crippen LogP) is 6.94. The summed E-state index contributed by atoms with van der Waals surface area (Å²) in [6, 6.07) is 15.6. The number of allylic oxidation sites excluding steroid dienone is 1. The Hall–Kier alpha value is -1.53. The van der Waals surface area contributed by atoms with Gasteiger partial charge in [0.15, 0.2) is 5.78 Å². The number of hydrogen-bond acceptors (Lipinski definition) is 3. The van der Waals surface area contributed by atoms with Crippen molar-refractivity contribution in [1.29, 1.82) is 0 Å². The molecule has 158 valence electrons. The van der Waals surface area contributed by atoms with Crippen LogP contribution < -0.4 is 0 Å². The first-order chi connectivity index (χ1) is 13.5. The highest BCUT2D eigenvalue weighted by atomic mass is 79.9. The van der Waals surface area contributed by atoms with Gasteiger partial charge in [-0.25, -0.2) is 0 Å². The smallest absolute Gasteiger partial charge is 0.152 e. The lowest BCUT2D eigenvalue weighted by Gasteiger charge is -1.95. The van der Waals surface area contributed by atoms with Crippen LogP contribution in [0.4, 0.5) is 0 Å². The molecule has 0 amide bonds. The van der Waals surface area contributed by atoms with Gasteiger partial charge in [-0.1, -0.05) is 93.9 Å². The SMILES string of the molecule is C.C1CCOC1.CC(=O)C=Cc1ccccc1Br.OCC=Cc1ccccc1Br. The topological polar surface area (TPSA) is 46.5 Å². The fourth-order valence-electron chi connectivity index (χ4n) is 2.12. The van der Waals surface area contributed by atoms with Gasteiger partial charge in [0.05, 0.1) is 6.61 Å². The quantitative estimate of drug-likeness (QED) is 0.440. The molecule has 0 saturated carbocycles. The van der Waals surface area contributed by atoms with Crippen molar-refractivity contribution in [2.24, 2.45) is 0 Å². The fraction of sp³-hybridized carbons (Fsp3) is 0.292. The first-order valence-corrected chi connectivity index (χ1v) is 10.7. The molecule has 3 rings (SSSR count). The Labute approximate surface area is 191 Å². The largest absolute Gasteiger partial charge is 0.392 e. The summed E-state index contributed by atoms with van der Waals surface area (Å²) in [4.78, 5) is 10.6. The van der Waals surface area contributed by atoms with Crippen molar-refractivity contribution in [3.05, 3.63) is 80.8 Å². The molecule has 0 bridgehead atoms. The van der Waals surface area contributed by atoms with Crippen LogP contribution in [0.15, 0.2) is 69.6 Å². The molecule has 0 aromatic heterocycles. The molecule has 0 radical (unpaired) electrons. The summed E-state index contributed by atoms with van der Waals surface area (Å²) >= 11 is 6.78. The number of halogens is 2. The third kappa shape index (κ3) is 13.3. The van der Waals surface area contributed by atoms with Crippen LogP contribution in [0.25, 0.3) is 12.2 Å². The summed E-state index contributed by atoms with van der Waals surface area (Å²) in [6.45, 7) is 3.62. The van der Waals surface area contributed by atoms with Gasteiger partial charge in [0.2, 0.25) is 0 Å². The van der Waals surface area contributed by atoms with Gasteiger partial charge in [0, 0.05) is 22.2 Å². The summed E-state index contributed by atoms with van der Waals surface area (Å²) in [6.07, 6.45) is 9.50. The minimum absolute atomic E-state index is 0. The van der Waals surface area contributed by atoms with E-state index in [9.17, 15) is 4.79 Å². The lowest BCUT2D eigenvalue weighted by Crippen LogP contribution is -1.80. The molecule has 2 aromatic rings. The molecular formula is C24H30Br2O3. The van der Waals surface area contributed by atoms with Crippen LogP contribution in [0.1, 0.15) is 38.3 Å². The van der Waals surface area contributed by atoms with E-state index in [0.29, 0.717) is 0 Å². The van der Waals surface area contributed by atoms with Crippen LogP contribution in [0.3, 0.4) is 0 Å². The molecule has 1 fully saturated rings. The number of carbonyl (C=O) groups excluding carboxylic acids is 1. The van der Waals surface area contributed by atoms with Gasteiger partial charge in [-0.2, -0.15) is 0 Å². The first-order valence-electron chi connectivity index (χ1n) is 9.07. The van der Waals surface area contributed by atoms with Gasteiger partial charge in [0.1, 0.15) is 0 Å². The van der Waals surface area contributed by atoms with Gasteiger partial charge in [-0.3, -0.25) is 4.79 Å². The maximum Gasteiger partial charge on any atom is 0.152 e. The Morgan fingerprint density at radius 2 is 1.45 bits per heavy atom. The van der Waals surface area contributed by atoms with Crippen molar-refractivity contribution in [1.82, 2.24) is 0 Å². The molecule has 0 spiro atoms. The van der Waals surface area contributed by atoms with Gasteiger partial charge in [-0.15, -0.1) is 0 Å². The van der Waals surface area contributed by atoms with Crippen LogP contribution in [0.2, 0.25) is 0 Å². The Balaban J connectivity index is 0.000000427. The van der Waals surface area contributed by atoms with Crippen molar-refractivity contribution >= 4 is 49.8 Å². The first kappa shape index (κ1) is 27.5. The molecule has 2 aromatic carbocycles. The zero-order valence-corrected chi connectivity index (χ0v) is 19.2. The molecule has 1 aliphatic heterocycles. The van der Waals surface area contributed by atoms with Crippen molar-refractivity contribution < 1.29 is 14.6 Å². The second-order valence-electron chi connectivity index (χ2n) is 5.89. The molecule has 0 atom stereocenters. The van der Waals surface area contributed by atoms with Crippen LogP contribution in [-0.4, -0.2) is 30.7 Å². The lowest BCUT2D eigenvalue weighted by molar-refractivity contribution is -0.112. The highest BCUT2D eigenvalue weighted by Gasteiger charge is 1.95. The summed E-state index contributed by atoms with van der Waals surface area (Å²) < 4.78 is 6.99. The number of rotatable bonds is 4. The minimum atomic E-state index is 0. The number of carbonyl (C=O) groups is 1. The highest BCUT2D eigenvalue weighted by Crippen LogP contribution is 2.17. The number of aliphatic hydroxyl groups is 1. The van der Waals surface area contributed by atoms with Gasteiger partial charge in [0.25, 0.3) is 0 Å². The van der Waals surface area contributed by atoms with Gasteiger partial charge < -0.3 is 9.84 Å². The van der Waals surface area contributed by atoms with Gasteiger partial charge in [-0.05, 0) is 49.1 Å². The van der Waals surface area contributed by atoms with E-state index >= 15 is 0 Å². The van der Waals surface area contributed by atoms with E-state index in [1.165, 1.54) is 19.8 Å². The fourth-order valence-corrected chi connectivity index (χ4v) is 2.95. The summed E-state index contributed by atoms with van der Waals surface area (Å²) in [5, 5.41) is 8.52. The Bertz CT molecular complexity index is 759. The zero-order valence-electron chi connectivity index (χ0n) is 16.0. The zero-order chi connectivity index (χ0) is 20.6. The van der Waals surface area contributed by atoms with Crippen LogP contribution in [0.5, 0.6) is 0 Å². The van der Waals surface area contributed by atoms with Crippen LogP contribution in [-0.2, 0) is 9.53 Å². The van der Waals surface area contributed by atoms with Crippen LogP contribution >= 0.6 is 31.9 Å². The average Bonchev–Trinajstić information content (AvgIpc) is 3.27. The van der Waals surface area contributed by atoms with E-state index in [4.69, 9.17) is 9.84 Å². The molecule has 1 saturated heterocycles. The second kappa shape index (κ2) is 17.3. The summed E-state index contributed by atoms with van der Waals surface area (Å²) in [5.41, 5.74) is 2.11. The standard InChI is InChI=1S/C10H9BrO.C9H9BrO.C4H8O.CH4/c1-8(12)6-7-9-4-2-3-5-10(9)11;10-9-6-2-1-4-8(9)5-3-7-11;1-2-4-5-3-1;/h2-7H,1H3;1-6,11H,7H2;1-4H2;1H4. The third-order valence-corrected chi connectivity index (χ3v) is 4.98. The molecule has 0 unspecified atom stereocenters. The summed E-state index contributed by atoms with van der Waals surface area (Å²) in [7, 11) is 0. The van der Waals surface area contributed by atoms with E-state index in [1.54, 1.807) is 18.2 Å². The Morgan fingerprint density at radius 3 is 1.83 bits per heavy atom. The molecule has 29 heavy (non-hydrogen) atoms. The number of ether oxygens (including phenoxy) is 1. The molecule has 5 heteroatoms. The van der Waals surface area contributed by atoms with E-state index < -0.39 is 0 Å². The van der Waals surface area contributed by atoms with E-state index in [2.05, 4.69) is 31.9 Å². The molecule has 3 nitrogen and oxygen atoms in total. The van der Waals surface area contributed by atoms with E-state index in [-0.39, 0.29) is 19.8 Å². The summed E-state index contributed by atoms with van der Waals surface area (Å²) in [5.74, 6) is 0.0609.